The van der Waals surface area contributed by atoms with Gasteiger partial charge in [0, 0.05) is 24.0 Å². The van der Waals surface area contributed by atoms with Crippen molar-refractivity contribution in [1.82, 2.24) is 14.5 Å². The van der Waals surface area contributed by atoms with Gasteiger partial charge in [-0.2, -0.15) is 0 Å². The second-order valence-corrected chi connectivity index (χ2v) is 9.88. The normalized spacial score (nSPS) is 15.1. The van der Waals surface area contributed by atoms with Gasteiger partial charge in [0.05, 0.1) is 10.6 Å². The Morgan fingerprint density at radius 3 is 2.46 bits per heavy atom. The minimum Gasteiger partial charge on any atom is -0.337 e. The number of thioether (sulfide) groups is 1. The van der Waals surface area contributed by atoms with Crippen molar-refractivity contribution in [3.63, 3.8) is 0 Å². The molecule has 2 heterocycles. The van der Waals surface area contributed by atoms with E-state index in [0.29, 0.717) is 5.16 Å². The number of hydrogen-bond acceptors (Lipinski definition) is 5. The van der Waals surface area contributed by atoms with E-state index in [-0.39, 0.29) is 28.8 Å². The van der Waals surface area contributed by atoms with E-state index in [4.69, 9.17) is 4.98 Å². The van der Waals surface area contributed by atoms with E-state index in [1.54, 1.807) is 23.0 Å². The number of amides is 1. The molecule has 0 spiro atoms. The predicted molar refractivity (Wildman–Crippen MR) is 109 cm³/mol. The van der Waals surface area contributed by atoms with Crippen molar-refractivity contribution in [3.05, 3.63) is 20.8 Å². The zero-order valence-corrected chi connectivity index (χ0v) is 18.0. The molecule has 0 bridgehead atoms. The summed E-state index contributed by atoms with van der Waals surface area (Å²) in [5.41, 5.74) is 1.21. The fraction of sp³-hybridized carbons (Fsp3) is 0.632. The zero-order chi connectivity index (χ0) is 19.2. The summed E-state index contributed by atoms with van der Waals surface area (Å²) < 4.78 is 1.61. The van der Waals surface area contributed by atoms with Crippen LogP contribution in [0.1, 0.15) is 51.5 Å². The topological polar surface area (TPSA) is 55.2 Å². The molecule has 142 valence electrons. The number of aryl methyl sites for hydroxylation is 2. The summed E-state index contributed by atoms with van der Waals surface area (Å²) >= 11 is 3.02. The van der Waals surface area contributed by atoms with E-state index < -0.39 is 0 Å². The Morgan fingerprint density at radius 2 is 1.85 bits per heavy atom. The number of nitrogens with zero attached hydrogens (tertiary/aromatic N) is 3. The first kappa shape index (κ1) is 19.4. The minimum absolute atomic E-state index is 0.0149. The summed E-state index contributed by atoms with van der Waals surface area (Å²) in [5.74, 6) is 0.0861. The summed E-state index contributed by atoms with van der Waals surface area (Å²) in [5, 5.41) is 1.12. The van der Waals surface area contributed by atoms with Gasteiger partial charge in [-0.15, -0.1) is 11.3 Å². The first-order valence-electron chi connectivity index (χ1n) is 9.22. The van der Waals surface area contributed by atoms with Gasteiger partial charge in [-0.1, -0.05) is 11.8 Å². The van der Waals surface area contributed by atoms with Crippen LogP contribution in [0.5, 0.6) is 0 Å². The number of carbonyl (C=O) groups is 1. The number of thiophene rings is 1. The second kappa shape index (κ2) is 7.35. The zero-order valence-electron chi connectivity index (χ0n) is 16.3. The number of aromatic nitrogens is 2. The van der Waals surface area contributed by atoms with Crippen LogP contribution in [0.4, 0.5) is 0 Å². The molecule has 0 saturated heterocycles. The largest absolute Gasteiger partial charge is 0.337 e. The van der Waals surface area contributed by atoms with E-state index in [1.165, 1.54) is 22.2 Å². The summed E-state index contributed by atoms with van der Waals surface area (Å²) in [6.45, 7) is 10.0. The van der Waals surface area contributed by atoms with Gasteiger partial charge in [-0.3, -0.25) is 14.2 Å². The lowest BCUT2D eigenvalue weighted by Crippen LogP contribution is -2.45. The van der Waals surface area contributed by atoms with Crippen LogP contribution in [0, 0.1) is 0 Å². The first-order chi connectivity index (χ1) is 12.2. The number of fused-ring (bicyclic) bond motifs is 3. The van der Waals surface area contributed by atoms with Gasteiger partial charge >= 0.3 is 0 Å². The van der Waals surface area contributed by atoms with Crippen molar-refractivity contribution in [2.75, 3.05) is 0 Å². The fourth-order valence-corrected chi connectivity index (χ4v) is 5.97. The third kappa shape index (κ3) is 3.31. The molecule has 0 aliphatic heterocycles. The summed E-state index contributed by atoms with van der Waals surface area (Å²) in [7, 11) is 1.76. The Bertz CT molecular complexity index is 890. The van der Waals surface area contributed by atoms with Gasteiger partial charge in [0.1, 0.15) is 4.83 Å². The Hall–Kier alpha value is -1.34. The highest BCUT2D eigenvalue weighted by Crippen LogP contribution is 2.36. The maximum Gasteiger partial charge on any atom is 0.262 e. The van der Waals surface area contributed by atoms with Gasteiger partial charge in [0.2, 0.25) is 5.91 Å². The van der Waals surface area contributed by atoms with Crippen LogP contribution in [-0.4, -0.2) is 37.7 Å². The summed E-state index contributed by atoms with van der Waals surface area (Å²) in [4.78, 5) is 34.6. The van der Waals surface area contributed by atoms with Gasteiger partial charge in [0.15, 0.2) is 5.16 Å². The second-order valence-electron chi connectivity index (χ2n) is 7.49. The highest BCUT2D eigenvalue weighted by atomic mass is 32.2. The van der Waals surface area contributed by atoms with Gasteiger partial charge in [-0.25, -0.2) is 4.98 Å². The third-order valence-electron chi connectivity index (χ3n) is 4.90. The number of hydrogen-bond donors (Lipinski definition) is 0. The highest BCUT2D eigenvalue weighted by Gasteiger charge is 2.28. The van der Waals surface area contributed by atoms with Crippen LogP contribution in [0.25, 0.3) is 10.2 Å². The SMILES string of the molecule is CC(Sc1nc2sc3c(c2c(=O)n1C)CCC3)C(=O)N(C(C)C)C(C)C. The van der Waals surface area contributed by atoms with E-state index >= 15 is 0 Å². The molecule has 0 fully saturated rings. The molecule has 2 aromatic heterocycles. The monoisotopic (exact) mass is 393 g/mol. The van der Waals surface area contributed by atoms with Crippen molar-refractivity contribution in [1.29, 1.82) is 0 Å². The standard InChI is InChI=1S/C19H27N3O2S2/c1-10(2)22(11(3)4)17(23)12(5)25-19-20-16-15(18(24)21(19)6)13-8-7-9-14(13)26-16/h10-12H,7-9H2,1-6H3. The number of carbonyl (C=O) groups excluding carboxylic acids is 1. The van der Waals surface area contributed by atoms with Crippen molar-refractivity contribution in [3.8, 4) is 0 Å². The minimum atomic E-state index is -0.290. The fourth-order valence-electron chi connectivity index (χ4n) is 3.73. The first-order valence-corrected chi connectivity index (χ1v) is 10.9. The lowest BCUT2D eigenvalue weighted by molar-refractivity contribution is -0.133. The van der Waals surface area contributed by atoms with E-state index in [9.17, 15) is 9.59 Å². The molecule has 1 aliphatic rings. The van der Waals surface area contributed by atoms with E-state index in [0.717, 1.165) is 29.5 Å². The van der Waals surface area contributed by atoms with Gasteiger partial charge in [0.25, 0.3) is 5.56 Å². The molecular weight excluding hydrogens is 366 g/mol. The molecule has 1 atom stereocenters. The molecule has 0 saturated carbocycles. The Labute approximate surface area is 162 Å². The molecule has 1 aliphatic carbocycles. The van der Waals surface area contributed by atoms with Crippen molar-refractivity contribution < 1.29 is 4.79 Å². The molecule has 1 unspecified atom stereocenters. The lowest BCUT2D eigenvalue weighted by atomic mass is 10.2. The smallest absolute Gasteiger partial charge is 0.262 e. The van der Waals surface area contributed by atoms with Crippen molar-refractivity contribution >= 4 is 39.2 Å². The van der Waals surface area contributed by atoms with Crippen LogP contribution < -0.4 is 5.56 Å². The molecule has 0 aromatic carbocycles. The average molecular weight is 394 g/mol. The van der Waals surface area contributed by atoms with Crippen LogP contribution in [-0.2, 0) is 24.7 Å². The lowest BCUT2D eigenvalue weighted by Gasteiger charge is -2.32. The van der Waals surface area contributed by atoms with Crippen LogP contribution >= 0.6 is 23.1 Å². The van der Waals surface area contributed by atoms with E-state index in [1.807, 2.05) is 39.5 Å². The average Bonchev–Trinajstić information content (AvgIpc) is 3.11. The van der Waals surface area contributed by atoms with Crippen LogP contribution in [0.15, 0.2) is 9.95 Å². The summed E-state index contributed by atoms with van der Waals surface area (Å²) in [6, 6.07) is 0.287. The van der Waals surface area contributed by atoms with Crippen molar-refractivity contribution in [2.45, 2.75) is 76.4 Å². The predicted octanol–water partition coefficient (Wildman–Crippen LogP) is 3.61. The van der Waals surface area contributed by atoms with Crippen molar-refractivity contribution in [2.24, 2.45) is 7.05 Å². The quantitative estimate of drug-likeness (QED) is 0.575. The Morgan fingerprint density at radius 1 is 1.19 bits per heavy atom. The molecule has 3 rings (SSSR count). The molecular formula is C19H27N3O2S2. The van der Waals surface area contributed by atoms with E-state index in [2.05, 4.69) is 0 Å². The molecule has 26 heavy (non-hydrogen) atoms. The maximum absolute atomic E-state index is 12.9. The molecule has 0 radical (unpaired) electrons. The highest BCUT2D eigenvalue weighted by molar-refractivity contribution is 8.00. The molecule has 5 nitrogen and oxygen atoms in total. The molecule has 0 N–H and O–H groups in total. The maximum atomic E-state index is 12.9. The number of rotatable bonds is 5. The van der Waals surface area contributed by atoms with Gasteiger partial charge in [-0.05, 0) is 59.4 Å². The van der Waals surface area contributed by atoms with Crippen LogP contribution in [0.2, 0.25) is 0 Å². The summed E-state index contributed by atoms with van der Waals surface area (Å²) in [6.07, 6.45) is 3.16. The Kier molecular flexibility index (Phi) is 5.49. The molecule has 7 heteroatoms. The molecule has 1 amide bonds. The Balaban J connectivity index is 1.93. The van der Waals surface area contributed by atoms with Crippen LogP contribution in [0.3, 0.4) is 0 Å². The molecule has 2 aromatic rings. The van der Waals surface area contributed by atoms with Gasteiger partial charge < -0.3 is 4.90 Å². The third-order valence-corrected chi connectivity index (χ3v) is 7.22.